The van der Waals surface area contributed by atoms with Crippen LogP contribution in [-0.4, -0.2) is 69.4 Å². The zero-order chi connectivity index (χ0) is 52.9. The summed E-state index contributed by atoms with van der Waals surface area (Å²) in [6.45, 7) is 6.82. The topological polar surface area (TPSA) is 114 Å². The van der Waals surface area contributed by atoms with Crippen LogP contribution in [0.2, 0.25) is 0 Å². The number of hydrogen-bond donors (Lipinski definition) is 1. The zero-order valence-electron chi connectivity index (χ0n) is 48.1. The van der Waals surface area contributed by atoms with Gasteiger partial charge >= 0.3 is 5.97 Å². The highest BCUT2D eigenvalue weighted by molar-refractivity contribution is 7.45. The monoisotopic (exact) mass is 1030 g/mol. The molecular weight excluding hydrogens is 916 g/mol. The van der Waals surface area contributed by atoms with E-state index in [0.29, 0.717) is 17.4 Å². The third kappa shape index (κ3) is 52.8. The van der Waals surface area contributed by atoms with Gasteiger partial charge < -0.3 is 28.5 Å². The number of quaternary nitrogens is 1. The number of phosphoric ester groups is 1. The van der Waals surface area contributed by atoms with Crippen LogP contribution in [0.3, 0.4) is 0 Å². The third-order valence-corrected chi connectivity index (χ3v) is 14.5. The Hall–Kier alpha value is -2.03. The number of nitrogens with zero attached hydrogens (tertiary/aromatic N) is 1. The van der Waals surface area contributed by atoms with Gasteiger partial charge in [-0.25, -0.2) is 0 Å². The van der Waals surface area contributed by atoms with Gasteiger partial charge in [0.15, 0.2) is 0 Å². The minimum absolute atomic E-state index is 0.0220. The first-order chi connectivity index (χ1) is 34.9. The number of nitrogens with one attached hydrogen (secondary N) is 1. The maximum atomic E-state index is 13.5. The summed E-state index contributed by atoms with van der Waals surface area (Å²) in [6, 6.07) is -0.886. The summed E-state index contributed by atoms with van der Waals surface area (Å²) >= 11 is 0. The summed E-state index contributed by atoms with van der Waals surface area (Å²) in [5.74, 6) is -0.538. The van der Waals surface area contributed by atoms with Gasteiger partial charge in [-0.3, -0.25) is 14.2 Å². The average Bonchev–Trinajstić information content (AvgIpc) is 3.34. The standard InChI is InChI=1S/C62H117N2O7P/c1-7-10-13-16-19-22-25-27-28-29-30-31-32-33-34-35-36-37-40-42-45-48-51-54-61(65)63-59(58-70-72(67,68)69-57-56-64(4,5)6)60(53-50-47-44-41-39-26-23-20-17-14-11-8-2)71-62(66)55-52-49-46-43-38-24-21-18-15-12-9-3/h19,22,27-28,30-31,50,53,59-60H,7-18,20-21,23-26,29,32-49,51-52,54-58H2,1-6H3,(H-,63,65,67,68)/b22-19-,28-27-,31-30-,53-50-. The Morgan fingerprint density at radius 3 is 1.29 bits per heavy atom. The Balaban J connectivity index is 5.15. The number of rotatable bonds is 55. The molecule has 0 aliphatic carbocycles. The minimum atomic E-state index is -4.69. The zero-order valence-corrected chi connectivity index (χ0v) is 49.0. The number of carbonyl (C=O) groups is 2. The molecule has 1 N–H and O–H groups in total. The maximum absolute atomic E-state index is 13.5. The van der Waals surface area contributed by atoms with Crippen molar-refractivity contribution >= 4 is 19.7 Å². The Kier molecular flexibility index (Phi) is 50.9. The fourth-order valence-electron chi connectivity index (χ4n) is 8.76. The molecule has 0 aromatic heterocycles. The number of esters is 1. The average molecular weight is 1030 g/mol. The Morgan fingerprint density at radius 2 is 0.847 bits per heavy atom. The quantitative estimate of drug-likeness (QED) is 0.0212. The molecule has 10 heteroatoms. The first kappa shape index (κ1) is 70.0. The molecule has 0 aromatic rings. The number of carbonyl (C=O) groups excluding carboxylic acids is 2. The number of hydrogen-bond acceptors (Lipinski definition) is 7. The third-order valence-electron chi connectivity index (χ3n) is 13.5. The lowest BCUT2D eigenvalue weighted by Crippen LogP contribution is -2.47. The molecule has 9 nitrogen and oxygen atoms in total. The summed E-state index contributed by atoms with van der Waals surface area (Å²) in [5, 5.41) is 3.03. The Labute approximate surface area is 446 Å². The number of likely N-dealkylation sites (N-methyl/N-ethyl adjacent to an activating group) is 1. The van der Waals surface area contributed by atoms with Gasteiger partial charge in [0.05, 0.1) is 33.8 Å². The van der Waals surface area contributed by atoms with E-state index in [0.717, 1.165) is 77.0 Å². The minimum Gasteiger partial charge on any atom is -0.756 e. The van der Waals surface area contributed by atoms with Crippen molar-refractivity contribution in [3.05, 3.63) is 48.6 Å². The van der Waals surface area contributed by atoms with E-state index in [4.69, 9.17) is 13.8 Å². The lowest BCUT2D eigenvalue weighted by molar-refractivity contribution is -0.870. The fraction of sp³-hybridized carbons (Fsp3) is 0.839. The molecule has 422 valence electrons. The number of ether oxygens (including phenoxy) is 1. The van der Waals surface area contributed by atoms with E-state index in [-0.39, 0.29) is 31.5 Å². The second kappa shape index (κ2) is 52.4. The fourth-order valence-corrected chi connectivity index (χ4v) is 9.49. The van der Waals surface area contributed by atoms with E-state index in [1.54, 1.807) is 0 Å². The van der Waals surface area contributed by atoms with Crippen LogP contribution in [0.1, 0.15) is 284 Å². The van der Waals surface area contributed by atoms with Gasteiger partial charge in [-0.2, -0.15) is 0 Å². The first-order valence-corrected chi connectivity index (χ1v) is 31.9. The van der Waals surface area contributed by atoms with E-state index in [2.05, 4.69) is 62.5 Å². The van der Waals surface area contributed by atoms with Crippen molar-refractivity contribution in [2.75, 3.05) is 40.9 Å². The number of amides is 1. The molecule has 0 saturated heterocycles. The van der Waals surface area contributed by atoms with Crippen molar-refractivity contribution in [2.45, 2.75) is 296 Å². The van der Waals surface area contributed by atoms with Crippen LogP contribution in [0.15, 0.2) is 48.6 Å². The van der Waals surface area contributed by atoms with E-state index in [1.165, 1.54) is 173 Å². The molecule has 1 amide bonds. The van der Waals surface area contributed by atoms with Gasteiger partial charge in [-0.15, -0.1) is 0 Å². The van der Waals surface area contributed by atoms with Crippen LogP contribution < -0.4 is 10.2 Å². The number of phosphoric acid groups is 1. The molecule has 0 aromatic carbocycles. The molecular formula is C62H117N2O7P. The molecule has 0 heterocycles. The normalized spacial score (nSPS) is 14.0. The van der Waals surface area contributed by atoms with Gasteiger partial charge in [0.25, 0.3) is 7.82 Å². The van der Waals surface area contributed by atoms with Crippen LogP contribution in [0.25, 0.3) is 0 Å². The number of allylic oxidation sites excluding steroid dienone is 7. The number of unbranched alkanes of at least 4 members (excludes halogenated alkanes) is 33. The Bertz CT molecular complexity index is 1380. The van der Waals surface area contributed by atoms with Crippen LogP contribution >= 0.6 is 7.82 Å². The summed E-state index contributed by atoms with van der Waals surface area (Å²) in [5.41, 5.74) is 0. The first-order valence-electron chi connectivity index (χ1n) is 30.4. The van der Waals surface area contributed by atoms with E-state index in [9.17, 15) is 19.0 Å². The van der Waals surface area contributed by atoms with E-state index < -0.39 is 20.0 Å². The van der Waals surface area contributed by atoms with Gasteiger partial charge in [0, 0.05) is 12.8 Å². The van der Waals surface area contributed by atoms with Crippen molar-refractivity contribution in [2.24, 2.45) is 0 Å². The van der Waals surface area contributed by atoms with E-state index in [1.807, 2.05) is 33.3 Å². The van der Waals surface area contributed by atoms with Crippen molar-refractivity contribution < 1.29 is 37.3 Å². The summed E-state index contributed by atoms with van der Waals surface area (Å²) < 4.78 is 30.2. The molecule has 0 radical (unpaired) electrons. The van der Waals surface area contributed by atoms with E-state index >= 15 is 0 Å². The molecule has 0 rings (SSSR count). The van der Waals surface area contributed by atoms with Gasteiger partial charge in [0.2, 0.25) is 5.91 Å². The smallest absolute Gasteiger partial charge is 0.306 e. The van der Waals surface area contributed by atoms with Crippen LogP contribution in [-0.2, 0) is 27.9 Å². The SMILES string of the molecule is CCCCC/C=C\C/C=C\C/C=C\CCCCCCCCCCCCC(=O)NC(COP(=O)([O-])OCC[N+](C)(C)C)C(/C=C\CCCCCCCCCCCC)OC(=O)CCCCCCCCCCCCC. The highest BCUT2D eigenvalue weighted by atomic mass is 31.2. The predicted molar refractivity (Wildman–Crippen MR) is 307 cm³/mol. The molecule has 3 unspecified atom stereocenters. The van der Waals surface area contributed by atoms with Crippen LogP contribution in [0.4, 0.5) is 0 Å². The molecule has 72 heavy (non-hydrogen) atoms. The summed E-state index contributed by atoms with van der Waals surface area (Å²) in [6.07, 6.45) is 63.6. The van der Waals surface area contributed by atoms with Crippen molar-refractivity contribution in [3.8, 4) is 0 Å². The molecule has 3 atom stereocenters. The lowest BCUT2D eigenvalue weighted by atomic mass is 10.0. The molecule has 0 saturated carbocycles. The molecule has 0 bridgehead atoms. The van der Waals surface area contributed by atoms with Gasteiger partial charge in [-0.1, -0.05) is 250 Å². The summed E-state index contributed by atoms with van der Waals surface area (Å²) in [7, 11) is 1.19. The van der Waals surface area contributed by atoms with Crippen molar-refractivity contribution in [1.82, 2.24) is 5.32 Å². The second-order valence-electron chi connectivity index (χ2n) is 21.9. The molecule has 0 fully saturated rings. The molecule has 0 aliphatic heterocycles. The largest absolute Gasteiger partial charge is 0.756 e. The van der Waals surface area contributed by atoms with Crippen molar-refractivity contribution in [1.29, 1.82) is 0 Å². The molecule has 0 spiro atoms. The van der Waals surface area contributed by atoms with Crippen LogP contribution in [0, 0.1) is 0 Å². The van der Waals surface area contributed by atoms with Gasteiger partial charge in [-0.05, 0) is 70.3 Å². The summed E-state index contributed by atoms with van der Waals surface area (Å²) in [4.78, 5) is 39.9. The highest BCUT2D eigenvalue weighted by Crippen LogP contribution is 2.38. The second-order valence-corrected chi connectivity index (χ2v) is 23.3. The molecule has 0 aliphatic rings. The predicted octanol–water partition coefficient (Wildman–Crippen LogP) is 17.9. The van der Waals surface area contributed by atoms with Gasteiger partial charge in [0.1, 0.15) is 19.3 Å². The highest BCUT2D eigenvalue weighted by Gasteiger charge is 2.27. The maximum Gasteiger partial charge on any atom is 0.306 e. The van der Waals surface area contributed by atoms with Crippen LogP contribution in [0.5, 0.6) is 0 Å². The lowest BCUT2D eigenvalue weighted by Gasteiger charge is -2.30. The Morgan fingerprint density at radius 1 is 0.486 bits per heavy atom. The van der Waals surface area contributed by atoms with Crippen molar-refractivity contribution in [3.63, 3.8) is 0 Å².